The number of hydrogen-bond donors (Lipinski definition) is 2. The molecule has 0 fully saturated rings. The van der Waals surface area contributed by atoms with Gasteiger partial charge in [-0.2, -0.15) is 0 Å². The number of nitrogens with two attached hydrogens (primary N) is 1. The van der Waals surface area contributed by atoms with Gasteiger partial charge in [-0.25, -0.2) is 10.4 Å². The second kappa shape index (κ2) is 4.22. The minimum atomic E-state index is -0.187. The minimum absolute atomic E-state index is 0.187. The number of halogens is 1. The van der Waals surface area contributed by atoms with Crippen LogP contribution in [0.25, 0.3) is 0 Å². The number of hydrazine groups is 1. The maximum atomic E-state index is 5.44. The lowest BCUT2D eigenvalue weighted by Gasteiger charge is -2.09. The first-order chi connectivity index (χ1) is 6.81. The molecule has 3 N–H and O–H groups in total. The summed E-state index contributed by atoms with van der Waals surface area (Å²) in [4.78, 5) is 4.17. The Labute approximate surface area is 93.2 Å². The van der Waals surface area contributed by atoms with Crippen LogP contribution in [0, 0.1) is 0 Å². The fourth-order valence-corrected chi connectivity index (χ4v) is 2.06. The molecular weight excluding hydrogens is 266 g/mol. The van der Waals surface area contributed by atoms with Gasteiger partial charge in [0.15, 0.2) is 4.67 Å². The van der Waals surface area contributed by atoms with Crippen LogP contribution in [0.5, 0.6) is 0 Å². The van der Waals surface area contributed by atoms with E-state index < -0.39 is 0 Å². The van der Waals surface area contributed by atoms with Crippen LogP contribution >= 0.6 is 27.3 Å². The zero-order chi connectivity index (χ0) is 9.97. The lowest BCUT2D eigenvalue weighted by atomic mass is 10.2. The Hall–Kier alpha value is -0.690. The predicted molar refractivity (Wildman–Crippen MR) is 57.7 cm³/mol. The molecule has 14 heavy (non-hydrogen) atoms. The maximum Gasteiger partial charge on any atom is 0.169 e. The smallest absolute Gasteiger partial charge is 0.169 e. The Bertz CT molecular complexity index is 400. The molecule has 0 aliphatic carbocycles. The van der Waals surface area contributed by atoms with E-state index in [1.807, 2.05) is 17.5 Å². The first kappa shape index (κ1) is 9.85. The average Bonchev–Trinajstić information content (AvgIpc) is 2.79. The number of aromatic nitrogens is 1. The van der Waals surface area contributed by atoms with E-state index in [1.165, 1.54) is 11.3 Å². The van der Waals surface area contributed by atoms with Crippen molar-refractivity contribution in [2.24, 2.45) is 5.84 Å². The monoisotopic (exact) mass is 273 g/mol. The third-order valence-corrected chi connectivity index (χ3v) is 2.82. The van der Waals surface area contributed by atoms with Gasteiger partial charge in [0.25, 0.3) is 0 Å². The zero-order valence-electron chi connectivity index (χ0n) is 7.11. The molecule has 1 atom stereocenters. The van der Waals surface area contributed by atoms with E-state index in [1.54, 1.807) is 5.51 Å². The van der Waals surface area contributed by atoms with E-state index in [0.717, 1.165) is 11.5 Å². The molecule has 0 radical (unpaired) electrons. The molecule has 0 bridgehead atoms. The molecule has 2 aromatic rings. The highest BCUT2D eigenvalue weighted by atomic mass is 79.9. The Morgan fingerprint density at radius 1 is 1.57 bits per heavy atom. The number of nitrogens with zero attached hydrogens (tertiary/aromatic N) is 1. The highest BCUT2D eigenvalue weighted by Gasteiger charge is 2.17. The van der Waals surface area contributed by atoms with Gasteiger partial charge in [-0.1, -0.05) is 0 Å². The van der Waals surface area contributed by atoms with Gasteiger partial charge in [0.05, 0.1) is 11.2 Å². The Kier molecular flexibility index (Phi) is 2.97. The predicted octanol–water partition coefficient (Wildman–Crippen LogP) is 2.05. The van der Waals surface area contributed by atoms with E-state index >= 15 is 0 Å². The lowest BCUT2D eigenvalue weighted by molar-refractivity contribution is 0.434. The number of nitrogens with one attached hydrogen (secondary N) is 1. The van der Waals surface area contributed by atoms with E-state index in [9.17, 15) is 0 Å². The summed E-state index contributed by atoms with van der Waals surface area (Å²) >= 11 is 4.76. The van der Waals surface area contributed by atoms with Crippen LogP contribution in [0.3, 0.4) is 0 Å². The van der Waals surface area contributed by atoms with Crippen LogP contribution in [-0.4, -0.2) is 4.98 Å². The standard InChI is InChI=1S/C8H8BrN3OS/c9-7-2-1-6(13-7)8(12-10)5-3-14-4-11-5/h1-4,8,12H,10H2. The van der Waals surface area contributed by atoms with Crippen molar-refractivity contribution in [2.45, 2.75) is 6.04 Å². The van der Waals surface area contributed by atoms with Crippen LogP contribution in [0.1, 0.15) is 17.5 Å². The van der Waals surface area contributed by atoms with Gasteiger partial charge in [-0.15, -0.1) is 11.3 Å². The number of hydrogen-bond acceptors (Lipinski definition) is 5. The molecule has 74 valence electrons. The molecule has 2 heterocycles. The molecule has 4 nitrogen and oxygen atoms in total. The van der Waals surface area contributed by atoms with E-state index in [0.29, 0.717) is 4.67 Å². The molecule has 0 saturated carbocycles. The maximum absolute atomic E-state index is 5.44. The molecule has 0 aliphatic rings. The van der Waals surface area contributed by atoms with Crippen molar-refractivity contribution in [3.05, 3.63) is 39.1 Å². The van der Waals surface area contributed by atoms with E-state index in [4.69, 9.17) is 10.3 Å². The van der Waals surface area contributed by atoms with Crippen molar-refractivity contribution >= 4 is 27.3 Å². The van der Waals surface area contributed by atoms with Crippen LogP contribution in [0.2, 0.25) is 0 Å². The Morgan fingerprint density at radius 3 is 2.93 bits per heavy atom. The fraction of sp³-hybridized carbons (Fsp3) is 0.125. The summed E-state index contributed by atoms with van der Waals surface area (Å²) in [7, 11) is 0. The topological polar surface area (TPSA) is 64.1 Å². The second-order valence-electron chi connectivity index (χ2n) is 2.65. The van der Waals surface area contributed by atoms with Gasteiger partial charge >= 0.3 is 0 Å². The molecule has 1 unspecified atom stereocenters. The molecule has 2 aromatic heterocycles. The summed E-state index contributed by atoms with van der Waals surface area (Å²) in [5, 5.41) is 1.93. The van der Waals surface area contributed by atoms with Crippen molar-refractivity contribution in [2.75, 3.05) is 0 Å². The lowest BCUT2D eigenvalue weighted by Crippen LogP contribution is -2.28. The quantitative estimate of drug-likeness (QED) is 0.664. The summed E-state index contributed by atoms with van der Waals surface area (Å²) in [6.07, 6.45) is 0. The third-order valence-electron chi connectivity index (χ3n) is 1.79. The van der Waals surface area contributed by atoms with Gasteiger partial charge in [-0.3, -0.25) is 5.84 Å². The van der Waals surface area contributed by atoms with Gasteiger partial charge < -0.3 is 4.42 Å². The van der Waals surface area contributed by atoms with Gasteiger partial charge in [0, 0.05) is 5.38 Å². The number of furan rings is 1. The van der Waals surface area contributed by atoms with Crippen LogP contribution in [0.4, 0.5) is 0 Å². The Morgan fingerprint density at radius 2 is 2.43 bits per heavy atom. The van der Waals surface area contributed by atoms with Crippen molar-refractivity contribution < 1.29 is 4.42 Å². The van der Waals surface area contributed by atoms with Crippen LogP contribution in [-0.2, 0) is 0 Å². The van der Waals surface area contributed by atoms with E-state index in [2.05, 4.69) is 26.3 Å². The van der Waals surface area contributed by atoms with Gasteiger partial charge in [0.2, 0.25) is 0 Å². The first-order valence-corrected chi connectivity index (χ1v) is 5.64. The summed E-state index contributed by atoms with van der Waals surface area (Å²) in [5.74, 6) is 6.19. The van der Waals surface area contributed by atoms with Crippen molar-refractivity contribution in [3.8, 4) is 0 Å². The molecule has 0 aromatic carbocycles. The molecule has 0 amide bonds. The second-order valence-corrected chi connectivity index (χ2v) is 4.16. The van der Waals surface area contributed by atoms with E-state index in [-0.39, 0.29) is 6.04 Å². The molecule has 0 spiro atoms. The van der Waals surface area contributed by atoms with Crippen LogP contribution in [0.15, 0.2) is 32.1 Å². The summed E-state index contributed by atoms with van der Waals surface area (Å²) in [6, 6.07) is 3.49. The normalized spacial score (nSPS) is 13.0. The summed E-state index contributed by atoms with van der Waals surface area (Å²) in [5.41, 5.74) is 5.29. The first-order valence-electron chi connectivity index (χ1n) is 3.90. The van der Waals surface area contributed by atoms with Crippen molar-refractivity contribution in [1.82, 2.24) is 10.4 Å². The number of rotatable bonds is 3. The third kappa shape index (κ3) is 1.88. The molecule has 0 aliphatic heterocycles. The summed E-state index contributed by atoms with van der Waals surface area (Å²) < 4.78 is 6.08. The highest BCUT2D eigenvalue weighted by molar-refractivity contribution is 9.10. The van der Waals surface area contributed by atoms with Crippen LogP contribution < -0.4 is 11.3 Å². The molecule has 6 heteroatoms. The van der Waals surface area contributed by atoms with Crippen molar-refractivity contribution in [3.63, 3.8) is 0 Å². The van der Waals surface area contributed by atoms with Gasteiger partial charge in [-0.05, 0) is 28.1 Å². The van der Waals surface area contributed by atoms with Gasteiger partial charge in [0.1, 0.15) is 11.8 Å². The molecule has 0 saturated heterocycles. The summed E-state index contributed by atoms with van der Waals surface area (Å²) in [6.45, 7) is 0. The zero-order valence-corrected chi connectivity index (χ0v) is 9.51. The minimum Gasteiger partial charge on any atom is -0.452 e. The largest absolute Gasteiger partial charge is 0.452 e. The SMILES string of the molecule is NNC(c1cscn1)c1ccc(Br)o1. The number of thiazole rings is 1. The molecular formula is C8H8BrN3OS. The fourth-order valence-electron chi connectivity index (χ4n) is 1.16. The average molecular weight is 274 g/mol. The highest BCUT2D eigenvalue weighted by Crippen LogP contribution is 2.25. The molecule has 2 rings (SSSR count). The van der Waals surface area contributed by atoms with Crippen molar-refractivity contribution in [1.29, 1.82) is 0 Å². The Balaban J connectivity index is 2.31.